The maximum Gasteiger partial charge on any atom is 0.240 e. The number of nitrogens with one attached hydrogen (secondary N) is 1. The van der Waals surface area contributed by atoms with Crippen molar-refractivity contribution in [3.05, 3.63) is 29.8 Å². The Balaban J connectivity index is 1.53. The van der Waals surface area contributed by atoms with Crippen molar-refractivity contribution in [3.63, 3.8) is 0 Å². The van der Waals surface area contributed by atoms with Crippen molar-refractivity contribution in [2.24, 2.45) is 0 Å². The van der Waals surface area contributed by atoms with E-state index in [2.05, 4.69) is 5.32 Å². The Bertz CT molecular complexity index is 552. The molecule has 5 heteroatoms. The van der Waals surface area contributed by atoms with Crippen LogP contribution in [0.5, 0.6) is 0 Å². The summed E-state index contributed by atoms with van der Waals surface area (Å²) >= 11 is 0. The van der Waals surface area contributed by atoms with Crippen LogP contribution in [0.4, 0.5) is 5.69 Å². The Morgan fingerprint density at radius 1 is 1.38 bits per heavy atom. The Kier molecular flexibility index (Phi) is 3.92. The molecule has 0 bridgehead atoms. The minimum atomic E-state index is -0.0972. The van der Waals surface area contributed by atoms with Crippen molar-refractivity contribution in [1.82, 2.24) is 5.32 Å². The molecule has 1 aliphatic carbocycles. The number of hydrogen-bond donors (Lipinski definition) is 1. The average Bonchev–Trinajstić information content (AvgIpc) is 2.73. The Morgan fingerprint density at radius 3 is 2.90 bits per heavy atom. The quantitative estimate of drug-likeness (QED) is 0.887. The molecule has 2 amide bonds. The standard InChI is InChI=1S/C16H20N2O3/c1-2-21-13-8-12(9-13)17-15(19)10-18-14-6-4-3-5-11(14)7-16(18)20/h3-6,12-13H,2,7-10H2,1H3,(H,17,19). The van der Waals surface area contributed by atoms with E-state index in [1.807, 2.05) is 31.2 Å². The fraction of sp³-hybridized carbons (Fsp3) is 0.500. The second-order valence-electron chi connectivity index (χ2n) is 5.60. The minimum Gasteiger partial charge on any atom is -0.378 e. The lowest BCUT2D eigenvalue weighted by molar-refractivity contribution is -0.125. The lowest BCUT2D eigenvalue weighted by Crippen LogP contribution is -2.50. The zero-order valence-electron chi connectivity index (χ0n) is 12.2. The van der Waals surface area contributed by atoms with Gasteiger partial charge in [0.15, 0.2) is 0 Å². The van der Waals surface area contributed by atoms with Crippen LogP contribution in [0.15, 0.2) is 24.3 Å². The summed E-state index contributed by atoms with van der Waals surface area (Å²) in [5.74, 6) is -0.104. The van der Waals surface area contributed by atoms with Gasteiger partial charge < -0.3 is 15.0 Å². The second-order valence-corrected chi connectivity index (χ2v) is 5.60. The van der Waals surface area contributed by atoms with Crippen LogP contribution < -0.4 is 10.2 Å². The third kappa shape index (κ3) is 2.93. The van der Waals surface area contributed by atoms with Crippen LogP contribution in [0.2, 0.25) is 0 Å². The number of benzene rings is 1. The molecule has 21 heavy (non-hydrogen) atoms. The second kappa shape index (κ2) is 5.85. The number of rotatable bonds is 5. The number of carbonyl (C=O) groups is 2. The molecule has 0 aromatic heterocycles. The fourth-order valence-electron chi connectivity index (χ4n) is 2.96. The van der Waals surface area contributed by atoms with Gasteiger partial charge in [-0.2, -0.15) is 0 Å². The van der Waals surface area contributed by atoms with Crippen molar-refractivity contribution >= 4 is 17.5 Å². The predicted octanol–water partition coefficient (Wildman–Crippen LogP) is 1.26. The monoisotopic (exact) mass is 288 g/mol. The van der Waals surface area contributed by atoms with Gasteiger partial charge in [-0.3, -0.25) is 9.59 Å². The summed E-state index contributed by atoms with van der Waals surface area (Å²) in [5, 5.41) is 2.97. The van der Waals surface area contributed by atoms with Crippen molar-refractivity contribution in [3.8, 4) is 0 Å². The summed E-state index contributed by atoms with van der Waals surface area (Å²) < 4.78 is 5.47. The van der Waals surface area contributed by atoms with Crippen molar-refractivity contribution in [2.45, 2.75) is 38.3 Å². The molecule has 0 unspecified atom stereocenters. The number of anilines is 1. The zero-order valence-corrected chi connectivity index (χ0v) is 12.2. The Morgan fingerprint density at radius 2 is 2.14 bits per heavy atom. The SMILES string of the molecule is CCOC1CC(NC(=O)CN2C(=O)Cc3ccccc32)C1. The van der Waals surface area contributed by atoms with Crippen LogP contribution in [-0.4, -0.2) is 37.1 Å². The zero-order chi connectivity index (χ0) is 14.8. The van der Waals surface area contributed by atoms with Gasteiger partial charge in [0.2, 0.25) is 11.8 Å². The first-order chi connectivity index (χ1) is 10.2. The normalized spacial score (nSPS) is 23.7. The van der Waals surface area contributed by atoms with Crippen LogP contribution in [-0.2, 0) is 20.7 Å². The molecule has 0 spiro atoms. The summed E-state index contributed by atoms with van der Waals surface area (Å²) in [6, 6.07) is 7.81. The summed E-state index contributed by atoms with van der Waals surface area (Å²) in [5.41, 5.74) is 1.86. The van der Waals surface area contributed by atoms with E-state index in [0.29, 0.717) is 13.0 Å². The fourth-order valence-corrected chi connectivity index (χ4v) is 2.96. The van der Waals surface area contributed by atoms with Crippen LogP contribution in [0.3, 0.4) is 0 Å². The number of para-hydroxylation sites is 1. The predicted molar refractivity (Wildman–Crippen MR) is 79.1 cm³/mol. The molecule has 1 heterocycles. The first-order valence-electron chi connectivity index (χ1n) is 7.46. The summed E-state index contributed by atoms with van der Waals surface area (Å²) in [6.45, 7) is 2.79. The molecular formula is C16H20N2O3. The molecular weight excluding hydrogens is 268 g/mol. The molecule has 112 valence electrons. The number of hydrogen-bond acceptors (Lipinski definition) is 3. The number of amides is 2. The molecule has 0 saturated heterocycles. The topological polar surface area (TPSA) is 58.6 Å². The third-order valence-corrected chi connectivity index (χ3v) is 4.09. The smallest absolute Gasteiger partial charge is 0.240 e. The van der Waals surface area contributed by atoms with Crippen LogP contribution in [0.25, 0.3) is 0 Å². The molecule has 1 saturated carbocycles. The van der Waals surface area contributed by atoms with Gasteiger partial charge in [0.1, 0.15) is 6.54 Å². The van der Waals surface area contributed by atoms with Gasteiger partial charge >= 0.3 is 0 Å². The lowest BCUT2D eigenvalue weighted by Gasteiger charge is -2.35. The number of ether oxygens (including phenoxy) is 1. The molecule has 0 atom stereocenters. The molecule has 1 aromatic rings. The summed E-state index contributed by atoms with van der Waals surface area (Å²) in [4.78, 5) is 25.6. The molecule has 1 aliphatic heterocycles. The summed E-state index contributed by atoms with van der Waals surface area (Å²) in [6.07, 6.45) is 2.39. The molecule has 2 aliphatic rings. The molecule has 0 radical (unpaired) electrons. The minimum absolute atomic E-state index is 0.00727. The highest BCUT2D eigenvalue weighted by molar-refractivity contribution is 6.04. The van der Waals surface area contributed by atoms with E-state index >= 15 is 0 Å². The largest absolute Gasteiger partial charge is 0.378 e. The Hall–Kier alpha value is -1.88. The highest BCUT2D eigenvalue weighted by Crippen LogP contribution is 2.28. The van der Waals surface area contributed by atoms with E-state index < -0.39 is 0 Å². The van der Waals surface area contributed by atoms with Gasteiger partial charge in [-0.25, -0.2) is 0 Å². The van der Waals surface area contributed by atoms with Gasteiger partial charge in [-0.15, -0.1) is 0 Å². The number of fused-ring (bicyclic) bond motifs is 1. The third-order valence-electron chi connectivity index (χ3n) is 4.09. The van der Waals surface area contributed by atoms with E-state index in [9.17, 15) is 9.59 Å². The van der Waals surface area contributed by atoms with Gasteiger partial charge in [0, 0.05) is 18.3 Å². The number of carbonyl (C=O) groups excluding carboxylic acids is 2. The van der Waals surface area contributed by atoms with Gasteiger partial charge in [0.05, 0.1) is 12.5 Å². The van der Waals surface area contributed by atoms with E-state index in [1.54, 1.807) is 4.90 Å². The summed E-state index contributed by atoms with van der Waals surface area (Å²) in [7, 11) is 0. The first kappa shape index (κ1) is 14.1. The van der Waals surface area contributed by atoms with Crippen molar-refractivity contribution in [1.29, 1.82) is 0 Å². The van der Waals surface area contributed by atoms with E-state index in [1.165, 1.54) is 0 Å². The maximum atomic E-state index is 12.1. The van der Waals surface area contributed by atoms with E-state index in [4.69, 9.17) is 4.74 Å². The van der Waals surface area contributed by atoms with Gasteiger partial charge in [-0.1, -0.05) is 18.2 Å². The molecule has 1 fully saturated rings. The highest BCUT2D eigenvalue weighted by atomic mass is 16.5. The van der Waals surface area contributed by atoms with Crippen LogP contribution in [0, 0.1) is 0 Å². The average molecular weight is 288 g/mol. The molecule has 3 rings (SSSR count). The van der Waals surface area contributed by atoms with Crippen molar-refractivity contribution in [2.75, 3.05) is 18.1 Å². The molecule has 1 aromatic carbocycles. The maximum absolute atomic E-state index is 12.1. The number of nitrogens with zero attached hydrogens (tertiary/aromatic N) is 1. The molecule has 1 N–H and O–H groups in total. The van der Waals surface area contributed by atoms with Crippen molar-refractivity contribution < 1.29 is 14.3 Å². The van der Waals surface area contributed by atoms with Gasteiger partial charge in [-0.05, 0) is 31.4 Å². The lowest BCUT2D eigenvalue weighted by atomic mass is 9.89. The molecule has 5 nitrogen and oxygen atoms in total. The first-order valence-corrected chi connectivity index (χ1v) is 7.46. The van der Waals surface area contributed by atoms with Gasteiger partial charge in [0.25, 0.3) is 0 Å². The Labute approximate surface area is 124 Å². The highest BCUT2D eigenvalue weighted by Gasteiger charge is 2.33. The van der Waals surface area contributed by atoms with E-state index in [0.717, 1.165) is 24.1 Å². The van der Waals surface area contributed by atoms with Crippen LogP contribution >= 0.6 is 0 Å². The van der Waals surface area contributed by atoms with E-state index in [-0.39, 0.29) is 30.5 Å². The van der Waals surface area contributed by atoms with Crippen LogP contribution in [0.1, 0.15) is 25.3 Å².